The monoisotopic (exact) mass is 301 g/mol. The molecule has 0 fully saturated rings. The Labute approximate surface area is 130 Å². The van der Waals surface area contributed by atoms with E-state index in [1.165, 1.54) is 0 Å². The van der Waals surface area contributed by atoms with Crippen molar-refractivity contribution in [2.24, 2.45) is 0 Å². The second-order valence-corrected chi connectivity index (χ2v) is 4.96. The summed E-state index contributed by atoms with van der Waals surface area (Å²) in [6.45, 7) is 6.38. The molecule has 22 heavy (non-hydrogen) atoms. The molecule has 2 N–H and O–H groups in total. The Bertz CT molecular complexity index is 594. The zero-order valence-corrected chi connectivity index (χ0v) is 13.2. The van der Waals surface area contributed by atoms with Gasteiger partial charge >= 0.3 is 0 Å². The number of benzene rings is 1. The molecule has 0 saturated heterocycles. The van der Waals surface area contributed by atoms with Gasteiger partial charge in [0.2, 0.25) is 5.82 Å². The topological polar surface area (TPSA) is 71.8 Å². The number of para-hydroxylation sites is 1. The number of carbonyl (C=O) groups is 1. The van der Waals surface area contributed by atoms with Crippen molar-refractivity contribution in [2.45, 2.75) is 26.7 Å². The molecule has 0 saturated carbocycles. The first kappa shape index (κ1) is 16.2. The first-order chi connectivity index (χ1) is 10.8. The van der Waals surface area contributed by atoms with Gasteiger partial charge in [-0.15, -0.1) is 5.10 Å². The van der Waals surface area contributed by atoms with E-state index in [0.717, 1.165) is 31.0 Å². The van der Waals surface area contributed by atoms with Crippen molar-refractivity contribution >= 4 is 5.91 Å². The summed E-state index contributed by atoms with van der Waals surface area (Å²) in [5.74, 6) is 0.763. The third-order valence-electron chi connectivity index (χ3n) is 3.21. The Morgan fingerprint density at radius 2 is 1.91 bits per heavy atom. The maximum atomic E-state index is 12.1. The van der Waals surface area contributed by atoms with Crippen LogP contribution in [-0.2, 0) is 6.42 Å². The average Bonchev–Trinajstić information content (AvgIpc) is 3.00. The van der Waals surface area contributed by atoms with Crippen molar-refractivity contribution in [3.8, 4) is 5.69 Å². The van der Waals surface area contributed by atoms with E-state index >= 15 is 0 Å². The fourth-order valence-electron chi connectivity index (χ4n) is 2.09. The number of aryl methyl sites for hydroxylation is 1. The highest BCUT2D eigenvalue weighted by atomic mass is 16.2. The molecule has 2 aromatic rings. The summed E-state index contributed by atoms with van der Waals surface area (Å²) in [7, 11) is 0. The summed E-state index contributed by atoms with van der Waals surface area (Å²) in [5.41, 5.74) is 0.913. The summed E-state index contributed by atoms with van der Waals surface area (Å²) < 4.78 is 1.73. The summed E-state index contributed by atoms with van der Waals surface area (Å²) in [4.78, 5) is 16.5. The Morgan fingerprint density at radius 1 is 1.14 bits per heavy atom. The maximum absolute atomic E-state index is 12.1. The van der Waals surface area contributed by atoms with E-state index in [2.05, 4.69) is 27.6 Å². The van der Waals surface area contributed by atoms with Gasteiger partial charge in [-0.1, -0.05) is 32.0 Å². The Morgan fingerprint density at radius 3 is 2.59 bits per heavy atom. The Hall–Kier alpha value is -2.21. The Kier molecular flexibility index (Phi) is 6.09. The number of nitrogens with zero attached hydrogens (tertiary/aromatic N) is 3. The van der Waals surface area contributed by atoms with Gasteiger partial charge in [-0.25, -0.2) is 9.67 Å². The third kappa shape index (κ3) is 4.14. The molecule has 1 heterocycles. The number of hydrogen-bond donors (Lipinski definition) is 2. The number of rotatable bonds is 8. The van der Waals surface area contributed by atoms with Crippen molar-refractivity contribution in [3.05, 3.63) is 42.0 Å². The van der Waals surface area contributed by atoms with E-state index in [0.29, 0.717) is 13.0 Å². The molecule has 0 bridgehead atoms. The minimum atomic E-state index is -0.234. The molecular weight excluding hydrogens is 278 g/mol. The molecule has 1 amide bonds. The fourth-order valence-corrected chi connectivity index (χ4v) is 2.09. The lowest BCUT2D eigenvalue weighted by atomic mass is 10.3. The van der Waals surface area contributed by atoms with E-state index in [1.807, 2.05) is 37.3 Å². The molecule has 1 aromatic carbocycles. The highest BCUT2D eigenvalue weighted by Gasteiger charge is 2.15. The highest BCUT2D eigenvalue weighted by Crippen LogP contribution is 2.10. The van der Waals surface area contributed by atoms with Gasteiger partial charge in [0.05, 0.1) is 5.69 Å². The zero-order chi connectivity index (χ0) is 15.8. The van der Waals surface area contributed by atoms with Gasteiger partial charge in [-0.2, -0.15) is 0 Å². The van der Waals surface area contributed by atoms with Crippen LogP contribution < -0.4 is 10.6 Å². The van der Waals surface area contributed by atoms with Crippen molar-refractivity contribution < 1.29 is 4.79 Å². The predicted molar refractivity (Wildman–Crippen MR) is 86.2 cm³/mol. The number of aromatic nitrogens is 3. The summed E-state index contributed by atoms with van der Waals surface area (Å²) in [6.07, 6.45) is 1.80. The van der Waals surface area contributed by atoms with Gasteiger partial charge in [-0.3, -0.25) is 4.79 Å². The van der Waals surface area contributed by atoms with Crippen LogP contribution in [0, 0.1) is 0 Å². The van der Waals surface area contributed by atoms with Gasteiger partial charge in [0.25, 0.3) is 5.91 Å². The lowest BCUT2D eigenvalue weighted by Gasteiger charge is -2.04. The van der Waals surface area contributed by atoms with Gasteiger partial charge < -0.3 is 10.6 Å². The average molecular weight is 301 g/mol. The van der Waals surface area contributed by atoms with E-state index in [1.54, 1.807) is 4.68 Å². The third-order valence-corrected chi connectivity index (χ3v) is 3.21. The van der Waals surface area contributed by atoms with E-state index < -0.39 is 0 Å². The van der Waals surface area contributed by atoms with Gasteiger partial charge in [0.15, 0.2) is 0 Å². The van der Waals surface area contributed by atoms with E-state index in [-0.39, 0.29) is 11.7 Å². The molecular formula is C16H23N5O. The maximum Gasteiger partial charge on any atom is 0.291 e. The second-order valence-electron chi connectivity index (χ2n) is 4.96. The number of hydrogen-bond acceptors (Lipinski definition) is 4. The molecule has 0 aliphatic heterocycles. The SMILES string of the molecule is CCCNCCNC(=O)c1nc(CC)n(-c2ccccc2)n1. The standard InChI is InChI=1S/C16H23N5O/c1-3-10-17-11-12-18-16(22)15-19-14(4-2)21(20-15)13-8-6-5-7-9-13/h5-9,17H,3-4,10-12H2,1-2H3,(H,18,22). The molecule has 0 radical (unpaired) electrons. The largest absolute Gasteiger partial charge is 0.348 e. The molecule has 6 nitrogen and oxygen atoms in total. The first-order valence-corrected chi connectivity index (χ1v) is 7.76. The summed E-state index contributed by atoms with van der Waals surface area (Å²) >= 11 is 0. The van der Waals surface area contributed by atoms with Gasteiger partial charge in [0, 0.05) is 19.5 Å². The molecule has 0 aliphatic carbocycles. The van der Waals surface area contributed by atoms with E-state index in [9.17, 15) is 4.79 Å². The Balaban J connectivity index is 2.03. The number of nitrogens with one attached hydrogen (secondary N) is 2. The lowest BCUT2D eigenvalue weighted by Crippen LogP contribution is -2.32. The first-order valence-electron chi connectivity index (χ1n) is 7.76. The summed E-state index contributed by atoms with van der Waals surface area (Å²) in [6, 6.07) is 9.72. The number of carbonyl (C=O) groups excluding carboxylic acids is 1. The molecule has 1 aromatic heterocycles. The number of amides is 1. The minimum Gasteiger partial charge on any atom is -0.348 e. The van der Waals surface area contributed by atoms with Crippen molar-refractivity contribution in [3.63, 3.8) is 0 Å². The minimum absolute atomic E-state index is 0.219. The molecule has 0 spiro atoms. The van der Waals surface area contributed by atoms with Crippen LogP contribution in [0.2, 0.25) is 0 Å². The quantitative estimate of drug-likeness (QED) is 0.726. The molecule has 0 unspecified atom stereocenters. The van der Waals surface area contributed by atoms with Crippen LogP contribution in [0.5, 0.6) is 0 Å². The summed E-state index contributed by atoms with van der Waals surface area (Å²) in [5, 5.41) is 10.4. The van der Waals surface area contributed by atoms with Crippen LogP contribution in [0.1, 0.15) is 36.7 Å². The molecule has 0 aliphatic rings. The smallest absolute Gasteiger partial charge is 0.291 e. The van der Waals surface area contributed by atoms with E-state index in [4.69, 9.17) is 0 Å². The predicted octanol–water partition coefficient (Wildman–Crippen LogP) is 1.56. The highest BCUT2D eigenvalue weighted by molar-refractivity contribution is 5.90. The van der Waals surface area contributed by atoms with Crippen LogP contribution >= 0.6 is 0 Å². The molecule has 6 heteroatoms. The normalized spacial score (nSPS) is 10.6. The van der Waals surface area contributed by atoms with Crippen LogP contribution in [0.15, 0.2) is 30.3 Å². The van der Waals surface area contributed by atoms with Crippen LogP contribution in [-0.4, -0.2) is 40.3 Å². The van der Waals surface area contributed by atoms with Gasteiger partial charge in [0.1, 0.15) is 5.82 Å². The molecule has 118 valence electrons. The van der Waals surface area contributed by atoms with Crippen LogP contribution in [0.3, 0.4) is 0 Å². The zero-order valence-electron chi connectivity index (χ0n) is 13.2. The van der Waals surface area contributed by atoms with Crippen LogP contribution in [0.25, 0.3) is 5.69 Å². The second kappa shape index (κ2) is 8.29. The fraction of sp³-hybridized carbons (Fsp3) is 0.438. The lowest BCUT2D eigenvalue weighted by molar-refractivity contribution is 0.0943. The molecule has 0 atom stereocenters. The molecule has 2 rings (SSSR count). The van der Waals surface area contributed by atoms with Crippen LogP contribution in [0.4, 0.5) is 0 Å². The van der Waals surface area contributed by atoms with Crippen molar-refractivity contribution in [1.29, 1.82) is 0 Å². The van der Waals surface area contributed by atoms with Crippen molar-refractivity contribution in [1.82, 2.24) is 25.4 Å². The van der Waals surface area contributed by atoms with Gasteiger partial charge in [-0.05, 0) is 25.1 Å². The van der Waals surface area contributed by atoms with Crippen molar-refractivity contribution in [2.75, 3.05) is 19.6 Å².